The first-order chi connectivity index (χ1) is 38.9. The molecule has 2 aromatic carbocycles. The zero-order chi connectivity index (χ0) is 58.6. The number of rotatable bonds is 17. The van der Waals surface area contributed by atoms with E-state index in [-0.39, 0.29) is 86.6 Å². The highest BCUT2D eigenvalue weighted by Gasteiger charge is 2.33. The molecule has 0 aliphatic carbocycles. The first-order valence-corrected chi connectivity index (χ1v) is 28.5. The number of benzene rings is 2. The molecule has 6 N–H and O–H groups in total. The molecule has 82 heavy (non-hydrogen) atoms. The number of ether oxygens (including phenoxy) is 4. The van der Waals surface area contributed by atoms with E-state index in [1.165, 1.54) is 13.7 Å². The van der Waals surface area contributed by atoms with Crippen LogP contribution >= 0.6 is 12.4 Å². The Balaban J connectivity index is 0.000000212. The van der Waals surface area contributed by atoms with Crippen LogP contribution < -0.4 is 27.3 Å². The summed E-state index contributed by atoms with van der Waals surface area (Å²) in [5.41, 5.74) is 3.19. The molecule has 5 fully saturated rings. The molecular weight excluding hydrogens is 1090 g/mol. The molecule has 9 rings (SSSR count). The fraction of sp³-hybridized carbons (Fsp3) is 0.649. The summed E-state index contributed by atoms with van der Waals surface area (Å²) in [4.78, 5) is 99.0. The zero-order valence-corrected chi connectivity index (χ0v) is 49.0. The Morgan fingerprint density at radius 1 is 0.610 bits per heavy atom. The number of carbonyl (C=O) groups excluding carboxylic acids is 6. The molecule has 4 aromatic rings. The first kappa shape index (κ1) is 67.0. The topological polar surface area (TPSA) is 296 Å². The van der Waals surface area contributed by atoms with E-state index < -0.39 is 29.5 Å². The molecule has 24 nitrogen and oxygen atoms in total. The van der Waals surface area contributed by atoms with Crippen LogP contribution in [0.4, 0.5) is 4.79 Å². The van der Waals surface area contributed by atoms with Crippen molar-refractivity contribution >= 4 is 70.5 Å². The number of hydrogen-bond acceptors (Lipinski definition) is 17. The SMILES string of the molecule is CC(C)(C)OC(=O)N1CCC(OCCCO)CC1.Cl.Cn1c(=O)n(C2CCC(=O)NC2=O)c2ccc(C=O)cc21.Cn1c(=O)n(C2CCC(=O)NC2=O)c2ccc(CN3CCC(OCCCO)CC3)cc21.OCCCOC1CCNCC1. The van der Waals surface area contributed by atoms with Gasteiger partial charge >= 0.3 is 17.5 Å². The number of aldehydes is 1. The number of aliphatic hydroxyl groups is 3. The summed E-state index contributed by atoms with van der Waals surface area (Å²) in [6.07, 6.45) is 10.4. The number of amides is 5. The normalized spacial score (nSPS) is 19.4. The molecule has 5 aliphatic heterocycles. The second kappa shape index (κ2) is 32.9. The van der Waals surface area contributed by atoms with Crippen LogP contribution in [0.25, 0.3) is 22.1 Å². The van der Waals surface area contributed by atoms with Crippen LogP contribution in [0, 0.1) is 0 Å². The van der Waals surface area contributed by atoms with Gasteiger partial charge in [-0.15, -0.1) is 12.4 Å². The number of nitrogens with one attached hydrogen (secondary N) is 3. The van der Waals surface area contributed by atoms with Crippen LogP contribution in [0.3, 0.4) is 0 Å². The minimum atomic E-state index is -0.707. The Morgan fingerprint density at radius 2 is 1.05 bits per heavy atom. The van der Waals surface area contributed by atoms with Gasteiger partial charge in [0.25, 0.3) is 0 Å². The van der Waals surface area contributed by atoms with Gasteiger partial charge in [-0.3, -0.25) is 57.8 Å². The summed E-state index contributed by atoms with van der Waals surface area (Å²) in [6.45, 7) is 14.3. The number of piperidine rings is 5. The maximum Gasteiger partial charge on any atom is 0.410 e. The summed E-state index contributed by atoms with van der Waals surface area (Å²) in [5, 5.41) is 33.9. The standard InChI is InChI=1S/C22H30N4O5.C14H13N3O4.C13H25NO4.C8H17NO2.ClH/c1-24-19-13-15(14-25-9-7-16(8-10-25)31-12-2-11-27)3-4-17(19)26(22(24)30)18-5-6-20(28)23-21(18)29;1-16-11-6-8(7-18)2-3-9(11)17(14(16)21)10-4-5-12(19)15-13(10)20;1-13(2,3)18-12(16)14-7-5-11(6-8-14)17-10-4-9-15;10-6-1-7-11-8-2-4-9-5-3-8;/h3-4,13,16,18,27H,2,5-12,14H2,1H3,(H,23,28,29);2-3,6-7,10H,4-5H2,1H3,(H,15,19,20);11,15H,4-10H2,1-3H3;8-10H,1-7H2;1H. The number of aryl methyl sites for hydroxylation is 2. The number of imide groups is 2. The second-order valence-corrected chi connectivity index (χ2v) is 22.0. The Morgan fingerprint density at radius 3 is 1.49 bits per heavy atom. The minimum Gasteiger partial charge on any atom is -0.444 e. The molecule has 2 unspecified atom stereocenters. The van der Waals surface area contributed by atoms with Gasteiger partial charge in [-0.2, -0.15) is 0 Å². The van der Waals surface area contributed by atoms with Gasteiger partial charge in [0.05, 0.1) is 40.4 Å². The first-order valence-electron chi connectivity index (χ1n) is 28.5. The van der Waals surface area contributed by atoms with Crippen LogP contribution in [-0.2, 0) is 58.8 Å². The van der Waals surface area contributed by atoms with Crippen LogP contribution in [0.5, 0.6) is 0 Å². The van der Waals surface area contributed by atoms with Gasteiger partial charge in [-0.1, -0.05) is 6.07 Å². The Bertz CT molecular complexity index is 2860. The summed E-state index contributed by atoms with van der Waals surface area (Å²) in [5.74, 6) is -1.51. The van der Waals surface area contributed by atoms with Gasteiger partial charge in [0, 0.05) is 105 Å². The van der Waals surface area contributed by atoms with Crippen molar-refractivity contribution in [2.24, 2.45) is 14.1 Å². The molecule has 5 aliphatic rings. The van der Waals surface area contributed by atoms with Crippen molar-refractivity contribution in [3.63, 3.8) is 0 Å². The second-order valence-electron chi connectivity index (χ2n) is 22.0. The molecule has 0 saturated carbocycles. The lowest BCUT2D eigenvalue weighted by Gasteiger charge is -2.33. The van der Waals surface area contributed by atoms with Gasteiger partial charge in [0.15, 0.2) is 0 Å². The van der Waals surface area contributed by atoms with Gasteiger partial charge in [0.1, 0.15) is 24.0 Å². The van der Waals surface area contributed by atoms with Crippen molar-refractivity contribution in [1.82, 2.24) is 44.0 Å². The zero-order valence-electron chi connectivity index (χ0n) is 48.1. The average molecular weight is 1170 g/mol. The van der Waals surface area contributed by atoms with E-state index in [9.17, 15) is 38.4 Å². The quantitative estimate of drug-likeness (QED) is 0.0503. The lowest BCUT2D eigenvalue weighted by atomic mass is 10.1. The van der Waals surface area contributed by atoms with Crippen molar-refractivity contribution in [2.45, 2.75) is 147 Å². The molecule has 2 aromatic heterocycles. The molecule has 2 atom stereocenters. The summed E-state index contributed by atoms with van der Waals surface area (Å²) >= 11 is 0. The lowest BCUT2D eigenvalue weighted by molar-refractivity contribution is -0.137. The molecule has 5 amide bonds. The third-order valence-electron chi connectivity index (χ3n) is 14.7. The monoisotopic (exact) mass is 1170 g/mol. The molecular formula is C57H86ClN9O15. The lowest BCUT2D eigenvalue weighted by Crippen LogP contribution is -2.44. The third-order valence-corrected chi connectivity index (χ3v) is 14.7. The molecule has 0 spiro atoms. The van der Waals surface area contributed by atoms with Gasteiger partial charge in [-0.25, -0.2) is 14.4 Å². The highest BCUT2D eigenvalue weighted by atomic mass is 35.5. The van der Waals surface area contributed by atoms with Crippen molar-refractivity contribution in [3.05, 3.63) is 68.5 Å². The van der Waals surface area contributed by atoms with E-state index in [0.29, 0.717) is 93.1 Å². The summed E-state index contributed by atoms with van der Waals surface area (Å²) in [6, 6.07) is 9.40. The van der Waals surface area contributed by atoms with Crippen LogP contribution in [0.2, 0.25) is 0 Å². The fourth-order valence-electron chi connectivity index (χ4n) is 10.4. The van der Waals surface area contributed by atoms with E-state index in [1.54, 1.807) is 41.8 Å². The van der Waals surface area contributed by atoms with E-state index in [0.717, 1.165) is 88.7 Å². The fourth-order valence-corrected chi connectivity index (χ4v) is 10.4. The number of aliphatic hydroxyl groups excluding tert-OH is 3. The number of fused-ring (bicyclic) bond motifs is 2. The van der Waals surface area contributed by atoms with Gasteiger partial charge < -0.3 is 44.5 Å². The molecule has 25 heteroatoms. The number of halogens is 1. The Kier molecular flexibility index (Phi) is 26.8. The molecule has 456 valence electrons. The number of likely N-dealkylation sites (tertiary alicyclic amines) is 2. The highest BCUT2D eigenvalue weighted by molar-refractivity contribution is 6.01. The maximum absolute atomic E-state index is 12.9. The number of hydrogen-bond donors (Lipinski definition) is 6. The van der Waals surface area contributed by atoms with E-state index in [1.807, 2.05) is 39.0 Å². The number of imidazole rings is 2. The highest BCUT2D eigenvalue weighted by Crippen LogP contribution is 2.27. The maximum atomic E-state index is 12.9. The van der Waals surface area contributed by atoms with Gasteiger partial charge in [-0.05, 0) is 140 Å². The predicted molar refractivity (Wildman–Crippen MR) is 308 cm³/mol. The molecule has 5 saturated heterocycles. The molecule has 7 heterocycles. The van der Waals surface area contributed by atoms with Crippen molar-refractivity contribution < 1.29 is 63.0 Å². The predicted octanol–water partition coefficient (Wildman–Crippen LogP) is 3.16. The smallest absolute Gasteiger partial charge is 0.410 e. The largest absolute Gasteiger partial charge is 0.444 e. The number of carbonyl (C=O) groups is 6. The summed E-state index contributed by atoms with van der Waals surface area (Å²) in [7, 11) is 3.30. The Labute approximate surface area is 484 Å². The van der Waals surface area contributed by atoms with E-state index in [2.05, 4.69) is 20.9 Å². The van der Waals surface area contributed by atoms with Crippen LogP contribution in [0.15, 0.2) is 46.0 Å². The van der Waals surface area contributed by atoms with Crippen molar-refractivity contribution in [2.75, 3.05) is 78.9 Å². The molecule has 0 bridgehead atoms. The number of aromatic nitrogens is 4. The van der Waals surface area contributed by atoms with Crippen LogP contribution in [0.1, 0.15) is 132 Å². The van der Waals surface area contributed by atoms with E-state index in [4.69, 9.17) is 34.3 Å². The summed E-state index contributed by atoms with van der Waals surface area (Å²) < 4.78 is 28.1. The van der Waals surface area contributed by atoms with Crippen molar-refractivity contribution in [3.8, 4) is 0 Å². The minimum absolute atomic E-state index is 0. The van der Waals surface area contributed by atoms with Crippen LogP contribution in [-0.4, -0.2) is 182 Å². The Hall–Kier alpha value is -5.83. The number of nitrogens with zero attached hydrogens (tertiary/aromatic N) is 6. The van der Waals surface area contributed by atoms with E-state index >= 15 is 0 Å². The van der Waals surface area contributed by atoms with Crippen molar-refractivity contribution in [1.29, 1.82) is 0 Å². The molecule has 0 radical (unpaired) electrons. The average Bonchev–Trinajstić information content (AvgIpc) is 4.10. The van der Waals surface area contributed by atoms with Gasteiger partial charge in [0.2, 0.25) is 23.6 Å². The third kappa shape index (κ3) is 19.1.